The van der Waals surface area contributed by atoms with E-state index in [1.165, 1.54) is 0 Å². The van der Waals surface area contributed by atoms with Gasteiger partial charge in [-0.1, -0.05) is 6.07 Å². The van der Waals surface area contributed by atoms with Gasteiger partial charge in [0.25, 0.3) is 14.2 Å². The summed E-state index contributed by atoms with van der Waals surface area (Å²) in [5.74, 6) is 0.663. The highest BCUT2D eigenvalue weighted by Crippen LogP contribution is 2.38. The lowest BCUT2D eigenvalue weighted by molar-refractivity contribution is 0.568. The molecule has 0 aromatic carbocycles. The van der Waals surface area contributed by atoms with E-state index in [1.54, 1.807) is 17.0 Å². The van der Waals surface area contributed by atoms with Crippen LogP contribution in [0.1, 0.15) is 30.3 Å². The van der Waals surface area contributed by atoms with Crippen LogP contribution in [0.25, 0.3) is 0 Å². The summed E-state index contributed by atoms with van der Waals surface area (Å²) in [6.07, 6.45) is 6.74. The number of hydrogen-bond acceptors (Lipinski definition) is 5. The summed E-state index contributed by atoms with van der Waals surface area (Å²) in [5, 5.41) is 7.59. The summed E-state index contributed by atoms with van der Waals surface area (Å²) in [7, 11) is 1.55. The van der Waals surface area contributed by atoms with E-state index in [9.17, 15) is 8.42 Å². The van der Waals surface area contributed by atoms with Crippen LogP contribution in [-0.2, 0) is 21.9 Å². The van der Waals surface area contributed by atoms with Crippen LogP contribution in [0.15, 0.2) is 29.7 Å². The topological polar surface area (TPSA) is 77.7 Å². The van der Waals surface area contributed by atoms with E-state index in [-0.39, 0.29) is 11.2 Å². The maximum atomic E-state index is 11.5. The van der Waals surface area contributed by atoms with Crippen molar-refractivity contribution in [3.8, 4) is 0 Å². The minimum absolute atomic E-state index is 0.136. The molecule has 106 valence electrons. The third-order valence-corrected chi connectivity index (χ3v) is 4.35. The third-order valence-electron chi connectivity index (χ3n) is 3.23. The quantitative estimate of drug-likeness (QED) is 0.786. The summed E-state index contributed by atoms with van der Waals surface area (Å²) in [6, 6.07) is 4.01. The fraction of sp³-hybridized carbons (Fsp3) is 0.417. The molecular weight excluding hydrogens is 300 g/mol. The van der Waals surface area contributed by atoms with E-state index in [2.05, 4.69) is 15.2 Å². The predicted octanol–water partition coefficient (Wildman–Crippen LogP) is 1.72. The molecular formula is C12H13ClN4O2S. The number of halogens is 1. The molecule has 1 aliphatic rings. The molecule has 0 atom stereocenters. The van der Waals surface area contributed by atoms with Crippen molar-refractivity contribution in [1.29, 1.82) is 0 Å². The van der Waals surface area contributed by atoms with Gasteiger partial charge in [-0.05, 0) is 30.9 Å². The Bertz CT molecular complexity index is 710. The van der Waals surface area contributed by atoms with Crippen LogP contribution in [0.2, 0.25) is 0 Å². The molecule has 0 bridgehead atoms. The molecule has 1 aliphatic carbocycles. The molecule has 0 spiro atoms. The van der Waals surface area contributed by atoms with Gasteiger partial charge in [0.2, 0.25) is 0 Å². The Balaban J connectivity index is 1.85. The number of nitrogens with zero attached hydrogens (tertiary/aromatic N) is 4. The van der Waals surface area contributed by atoms with Crippen molar-refractivity contribution in [3.05, 3.63) is 35.9 Å². The SMILES string of the molecule is O=S(=O)(Cl)c1nnc(CCc2cccnc2)n1C1CC1. The van der Waals surface area contributed by atoms with Gasteiger partial charge in [-0.3, -0.25) is 9.55 Å². The molecule has 0 amide bonds. The first-order chi connectivity index (χ1) is 9.55. The van der Waals surface area contributed by atoms with Crippen molar-refractivity contribution in [2.75, 3.05) is 0 Å². The Morgan fingerprint density at radius 3 is 2.70 bits per heavy atom. The van der Waals surface area contributed by atoms with Crippen molar-refractivity contribution < 1.29 is 8.42 Å². The fourth-order valence-electron chi connectivity index (χ4n) is 2.15. The van der Waals surface area contributed by atoms with Crippen molar-refractivity contribution in [3.63, 3.8) is 0 Å². The number of hydrogen-bond donors (Lipinski definition) is 0. The number of rotatable bonds is 5. The largest absolute Gasteiger partial charge is 0.298 e. The van der Waals surface area contributed by atoms with Crippen LogP contribution in [0.4, 0.5) is 0 Å². The Labute approximate surface area is 121 Å². The van der Waals surface area contributed by atoms with Gasteiger partial charge in [-0.25, -0.2) is 8.42 Å². The van der Waals surface area contributed by atoms with Gasteiger partial charge in [-0.2, -0.15) is 0 Å². The molecule has 1 saturated carbocycles. The van der Waals surface area contributed by atoms with Crippen LogP contribution < -0.4 is 0 Å². The Hall–Kier alpha value is -1.47. The van der Waals surface area contributed by atoms with E-state index >= 15 is 0 Å². The predicted molar refractivity (Wildman–Crippen MR) is 73.0 cm³/mol. The van der Waals surface area contributed by atoms with Crippen molar-refractivity contribution >= 4 is 19.7 Å². The molecule has 0 unspecified atom stereocenters. The standard InChI is InChI=1S/C12H13ClN4O2S/c13-20(18,19)12-16-15-11(17(12)10-4-5-10)6-3-9-2-1-7-14-8-9/h1-2,7-8,10H,3-6H2. The van der Waals surface area contributed by atoms with Crippen LogP contribution in [0.3, 0.4) is 0 Å². The van der Waals surface area contributed by atoms with E-state index in [1.807, 2.05) is 12.1 Å². The second kappa shape index (κ2) is 5.14. The third kappa shape index (κ3) is 2.83. The molecule has 0 N–H and O–H groups in total. The molecule has 0 saturated heterocycles. The fourth-order valence-corrected chi connectivity index (χ4v) is 3.09. The number of pyridine rings is 1. The molecule has 2 heterocycles. The van der Waals surface area contributed by atoms with Crippen LogP contribution in [0.5, 0.6) is 0 Å². The van der Waals surface area contributed by atoms with Gasteiger partial charge >= 0.3 is 0 Å². The normalized spacial score (nSPS) is 15.4. The average Bonchev–Trinajstić information content (AvgIpc) is 3.16. The maximum Gasteiger partial charge on any atom is 0.296 e. The Morgan fingerprint density at radius 2 is 2.10 bits per heavy atom. The molecule has 0 radical (unpaired) electrons. The van der Waals surface area contributed by atoms with Crippen LogP contribution >= 0.6 is 10.7 Å². The minimum Gasteiger partial charge on any atom is -0.298 e. The Kier molecular flexibility index (Phi) is 3.47. The average molecular weight is 313 g/mol. The van der Waals surface area contributed by atoms with Gasteiger partial charge in [-0.15, -0.1) is 10.2 Å². The highest BCUT2D eigenvalue weighted by molar-refractivity contribution is 8.13. The monoisotopic (exact) mass is 312 g/mol. The van der Waals surface area contributed by atoms with Gasteiger partial charge in [0.1, 0.15) is 5.82 Å². The highest BCUT2D eigenvalue weighted by Gasteiger charge is 2.33. The summed E-state index contributed by atoms with van der Waals surface area (Å²) >= 11 is 0. The maximum absolute atomic E-state index is 11.5. The van der Waals surface area contributed by atoms with Crippen molar-refractivity contribution in [2.45, 2.75) is 36.9 Å². The summed E-state index contributed by atoms with van der Waals surface area (Å²) < 4.78 is 24.7. The second-order valence-corrected chi connectivity index (χ2v) is 7.26. The van der Waals surface area contributed by atoms with Crippen molar-refractivity contribution in [2.24, 2.45) is 0 Å². The first-order valence-electron chi connectivity index (χ1n) is 6.33. The molecule has 6 nitrogen and oxygen atoms in total. The first kappa shape index (κ1) is 13.5. The molecule has 0 aliphatic heterocycles. The zero-order valence-electron chi connectivity index (χ0n) is 10.6. The molecule has 2 aromatic heterocycles. The molecule has 2 aromatic rings. The van der Waals surface area contributed by atoms with E-state index < -0.39 is 9.05 Å². The first-order valence-corrected chi connectivity index (χ1v) is 8.64. The molecule has 8 heteroatoms. The second-order valence-electron chi connectivity index (χ2n) is 4.80. The number of aryl methyl sites for hydroxylation is 2. The van der Waals surface area contributed by atoms with Gasteiger partial charge in [0.05, 0.1) is 0 Å². The van der Waals surface area contributed by atoms with E-state index in [0.29, 0.717) is 12.2 Å². The summed E-state index contributed by atoms with van der Waals surface area (Å²) in [4.78, 5) is 4.05. The van der Waals surface area contributed by atoms with Gasteiger partial charge in [0, 0.05) is 35.5 Å². The van der Waals surface area contributed by atoms with Gasteiger partial charge in [0.15, 0.2) is 0 Å². The summed E-state index contributed by atoms with van der Waals surface area (Å²) in [6.45, 7) is 0. The summed E-state index contributed by atoms with van der Waals surface area (Å²) in [5.41, 5.74) is 1.08. The van der Waals surface area contributed by atoms with Crippen molar-refractivity contribution in [1.82, 2.24) is 19.7 Å². The van der Waals surface area contributed by atoms with E-state index in [4.69, 9.17) is 10.7 Å². The lowest BCUT2D eigenvalue weighted by Gasteiger charge is -2.07. The minimum atomic E-state index is -3.85. The lowest BCUT2D eigenvalue weighted by atomic mass is 10.1. The van der Waals surface area contributed by atoms with E-state index in [0.717, 1.165) is 24.8 Å². The zero-order valence-corrected chi connectivity index (χ0v) is 12.2. The Morgan fingerprint density at radius 1 is 1.30 bits per heavy atom. The smallest absolute Gasteiger partial charge is 0.296 e. The molecule has 3 rings (SSSR count). The van der Waals surface area contributed by atoms with Crippen LogP contribution in [-0.4, -0.2) is 28.2 Å². The molecule has 20 heavy (non-hydrogen) atoms. The zero-order chi connectivity index (χ0) is 14.2. The number of aromatic nitrogens is 4. The lowest BCUT2D eigenvalue weighted by Crippen LogP contribution is -2.09. The highest BCUT2D eigenvalue weighted by atomic mass is 35.7. The molecule has 1 fully saturated rings. The van der Waals surface area contributed by atoms with Crippen LogP contribution in [0, 0.1) is 0 Å². The van der Waals surface area contributed by atoms with Gasteiger partial charge < -0.3 is 0 Å².